The maximum atomic E-state index is 9.68. The summed E-state index contributed by atoms with van der Waals surface area (Å²) in [6, 6.07) is 4.80. The molecule has 19 heavy (non-hydrogen) atoms. The summed E-state index contributed by atoms with van der Waals surface area (Å²) in [6.45, 7) is 0.406. The minimum Gasteiger partial charge on any atom is -0.494 e. The molecule has 0 saturated carbocycles. The van der Waals surface area contributed by atoms with Gasteiger partial charge in [-0.15, -0.1) is 0 Å². The van der Waals surface area contributed by atoms with Gasteiger partial charge in [-0.3, -0.25) is 4.98 Å². The molecule has 0 bridgehead atoms. The van der Waals surface area contributed by atoms with Gasteiger partial charge in [0, 0.05) is 16.7 Å². The summed E-state index contributed by atoms with van der Waals surface area (Å²) < 4.78 is 0. The molecule has 7 heteroatoms. The molecule has 3 rings (SSSR count). The van der Waals surface area contributed by atoms with Gasteiger partial charge in [-0.2, -0.15) is 0 Å². The smallest absolute Gasteiger partial charge is 0.215 e. The van der Waals surface area contributed by atoms with Gasteiger partial charge in [0.2, 0.25) is 5.88 Å². The summed E-state index contributed by atoms with van der Waals surface area (Å²) in [5, 5.41) is 20.1. The molecule has 3 N–H and O–H groups in total. The Bertz CT molecular complexity index is 682. The van der Waals surface area contributed by atoms with Crippen LogP contribution in [0.2, 0.25) is 10.0 Å². The van der Waals surface area contributed by atoms with Gasteiger partial charge in [-0.1, -0.05) is 23.2 Å². The molecule has 2 heterocycles. The minimum atomic E-state index is -0.134. The van der Waals surface area contributed by atoms with Crippen LogP contribution < -0.4 is 4.90 Å². The van der Waals surface area contributed by atoms with Gasteiger partial charge in [0.1, 0.15) is 5.69 Å². The molecule has 0 saturated heterocycles. The normalized spacial score (nSPS) is 13.7. The zero-order chi connectivity index (χ0) is 13.6. The van der Waals surface area contributed by atoms with Crippen LogP contribution in [0.25, 0.3) is 0 Å². The topological polar surface area (TPSA) is 71.8 Å². The monoisotopic (exact) mass is 297 g/mol. The van der Waals surface area contributed by atoms with Crippen molar-refractivity contribution in [3.05, 3.63) is 33.8 Å². The van der Waals surface area contributed by atoms with E-state index >= 15 is 0 Å². The van der Waals surface area contributed by atoms with Crippen LogP contribution in [0, 0.1) is 0 Å². The first-order chi connectivity index (χ1) is 9.06. The van der Waals surface area contributed by atoms with E-state index < -0.39 is 0 Å². The highest BCUT2D eigenvalue weighted by molar-refractivity contribution is 6.36. The van der Waals surface area contributed by atoms with Crippen LogP contribution in [0.3, 0.4) is 0 Å². The van der Waals surface area contributed by atoms with E-state index in [1.54, 1.807) is 17.0 Å². The van der Waals surface area contributed by atoms with E-state index in [0.717, 1.165) is 5.56 Å². The Labute approximate surface area is 118 Å². The maximum absolute atomic E-state index is 9.68. The number of hydrogen-bond donors (Lipinski definition) is 3. The van der Waals surface area contributed by atoms with Gasteiger partial charge in [-0.05, 0) is 12.1 Å². The predicted octanol–water partition coefficient (Wildman–Crippen LogP) is 3.41. The Morgan fingerprint density at radius 3 is 2.63 bits per heavy atom. The second kappa shape index (κ2) is 4.36. The number of aromatic amines is 1. The van der Waals surface area contributed by atoms with E-state index in [2.05, 4.69) is 9.98 Å². The van der Waals surface area contributed by atoms with Crippen molar-refractivity contribution < 1.29 is 10.2 Å². The van der Waals surface area contributed by atoms with Gasteiger partial charge in [0.25, 0.3) is 0 Å². The molecule has 1 aromatic carbocycles. The number of rotatable bonds is 1. The van der Waals surface area contributed by atoms with Gasteiger partial charge in [-0.25, -0.2) is 4.99 Å². The van der Waals surface area contributed by atoms with E-state index in [1.165, 1.54) is 12.4 Å². The van der Waals surface area contributed by atoms with Crippen molar-refractivity contribution in [2.45, 2.75) is 6.54 Å². The van der Waals surface area contributed by atoms with Crippen LogP contribution in [0.1, 0.15) is 5.56 Å². The average molecular weight is 298 g/mol. The number of nitrogens with zero attached hydrogens (tertiary/aromatic N) is 2. The Kier molecular flexibility index (Phi) is 2.80. The van der Waals surface area contributed by atoms with Crippen molar-refractivity contribution in [1.29, 1.82) is 0 Å². The second-order valence-corrected chi connectivity index (χ2v) is 4.93. The van der Waals surface area contributed by atoms with Crippen molar-refractivity contribution >= 4 is 40.9 Å². The van der Waals surface area contributed by atoms with Gasteiger partial charge >= 0.3 is 0 Å². The number of halogens is 2. The zero-order valence-electron chi connectivity index (χ0n) is 9.56. The lowest BCUT2D eigenvalue weighted by Gasteiger charge is -2.24. The first-order valence-corrected chi connectivity index (χ1v) is 6.20. The van der Waals surface area contributed by atoms with E-state index in [1.807, 2.05) is 0 Å². The molecule has 0 unspecified atom stereocenters. The molecule has 1 aliphatic rings. The number of hydrogen-bond acceptors (Lipinski definition) is 4. The summed E-state index contributed by atoms with van der Waals surface area (Å²) in [7, 11) is 0. The van der Waals surface area contributed by atoms with Gasteiger partial charge < -0.3 is 15.1 Å². The number of fused-ring (bicyclic) bond motifs is 1. The summed E-state index contributed by atoms with van der Waals surface area (Å²) in [6.07, 6.45) is 1.53. The molecule has 98 valence electrons. The third-order valence-electron chi connectivity index (χ3n) is 2.90. The first kappa shape index (κ1) is 12.2. The lowest BCUT2D eigenvalue weighted by molar-refractivity contribution is 0.425. The molecule has 0 spiro atoms. The largest absolute Gasteiger partial charge is 0.494 e. The average Bonchev–Trinajstić information content (AvgIpc) is 2.73. The molecular formula is C12H9Cl2N3O2. The number of anilines is 1. The van der Waals surface area contributed by atoms with E-state index in [-0.39, 0.29) is 11.8 Å². The summed E-state index contributed by atoms with van der Waals surface area (Å²) in [5.41, 5.74) is 1.82. The molecule has 2 aromatic rings. The van der Waals surface area contributed by atoms with E-state index in [4.69, 9.17) is 23.2 Å². The van der Waals surface area contributed by atoms with E-state index in [0.29, 0.717) is 28.0 Å². The fraction of sp³-hybridized carbons (Fsp3) is 0.0833. The van der Waals surface area contributed by atoms with Crippen molar-refractivity contribution in [2.75, 3.05) is 4.90 Å². The highest BCUT2D eigenvalue weighted by Gasteiger charge is 2.21. The van der Waals surface area contributed by atoms with Crippen LogP contribution in [0.15, 0.2) is 23.2 Å². The highest BCUT2D eigenvalue weighted by atomic mass is 35.5. The molecule has 1 aromatic heterocycles. The number of H-pyrrole nitrogens is 1. The number of aromatic hydroxyl groups is 2. The minimum absolute atomic E-state index is 0.121. The Balaban J connectivity index is 2.04. The third-order valence-corrected chi connectivity index (χ3v) is 3.56. The van der Waals surface area contributed by atoms with E-state index in [9.17, 15) is 10.2 Å². The van der Waals surface area contributed by atoms with Crippen molar-refractivity contribution in [1.82, 2.24) is 4.98 Å². The van der Waals surface area contributed by atoms with Crippen LogP contribution in [-0.2, 0) is 6.54 Å². The Hall–Kier alpha value is -1.85. The van der Waals surface area contributed by atoms with Crippen molar-refractivity contribution in [3.8, 4) is 11.8 Å². The maximum Gasteiger partial charge on any atom is 0.215 e. The van der Waals surface area contributed by atoms with Crippen molar-refractivity contribution in [3.63, 3.8) is 0 Å². The number of aliphatic imine (C=N–C) groups is 1. The SMILES string of the molecule is Oc1cc(N2C=Nc3c(Cl)ccc(Cl)c3C2)c(O)[nH]1. The highest BCUT2D eigenvalue weighted by Crippen LogP contribution is 2.40. The molecule has 0 radical (unpaired) electrons. The number of nitrogens with one attached hydrogen (secondary N) is 1. The van der Waals surface area contributed by atoms with Gasteiger partial charge in [0.05, 0.1) is 23.6 Å². The Morgan fingerprint density at radius 1 is 1.21 bits per heavy atom. The fourth-order valence-electron chi connectivity index (χ4n) is 2.00. The molecule has 1 aliphatic heterocycles. The molecule has 0 amide bonds. The zero-order valence-corrected chi connectivity index (χ0v) is 11.1. The molecule has 5 nitrogen and oxygen atoms in total. The molecule has 0 aliphatic carbocycles. The standard InChI is InChI=1S/C12H9Cl2N3O2/c13-7-1-2-8(14)11-6(7)4-17(5-15-11)9-3-10(18)16-12(9)19/h1-3,5,16,18-19H,4H2. The molecule has 0 fully saturated rings. The third kappa shape index (κ3) is 2.01. The summed E-state index contributed by atoms with van der Waals surface area (Å²) >= 11 is 12.2. The Morgan fingerprint density at radius 2 is 1.95 bits per heavy atom. The van der Waals surface area contributed by atoms with Crippen LogP contribution >= 0.6 is 23.2 Å². The number of aromatic nitrogens is 1. The lowest BCUT2D eigenvalue weighted by atomic mass is 10.1. The van der Waals surface area contributed by atoms with Crippen LogP contribution in [0.5, 0.6) is 11.8 Å². The summed E-state index contributed by atoms with van der Waals surface area (Å²) in [5.74, 6) is -0.255. The lowest BCUT2D eigenvalue weighted by Crippen LogP contribution is -2.23. The summed E-state index contributed by atoms with van der Waals surface area (Å²) in [4.78, 5) is 8.31. The second-order valence-electron chi connectivity index (χ2n) is 4.12. The first-order valence-electron chi connectivity index (χ1n) is 5.45. The van der Waals surface area contributed by atoms with Crippen molar-refractivity contribution in [2.24, 2.45) is 4.99 Å². The fourth-order valence-corrected chi connectivity index (χ4v) is 2.44. The number of benzene rings is 1. The predicted molar refractivity (Wildman–Crippen MR) is 74.9 cm³/mol. The van der Waals surface area contributed by atoms with Gasteiger partial charge in [0.15, 0.2) is 5.88 Å². The van der Waals surface area contributed by atoms with Crippen LogP contribution in [-0.4, -0.2) is 21.5 Å². The quantitative estimate of drug-likeness (QED) is 0.755. The van der Waals surface area contributed by atoms with Crippen LogP contribution in [0.4, 0.5) is 11.4 Å². The molecular weight excluding hydrogens is 289 g/mol. The molecule has 0 atom stereocenters.